The Morgan fingerprint density at radius 1 is 1.02 bits per heavy atom. The Morgan fingerprint density at radius 3 is 2.30 bits per heavy atom. The number of carbonyl (C=O) groups is 2. The highest BCUT2D eigenvalue weighted by Gasteiger charge is 2.46. The van der Waals surface area contributed by atoms with E-state index in [2.05, 4.69) is 0 Å². The zero-order valence-electron chi connectivity index (χ0n) is 24.1. The van der Waals surface area contributed by atoms with Crippen molar-refractivity contribution in [1.29, 1.82) is 0 Å². The van der Waals surface area contributed by atoms with Gasteiger partial charge in [0.25, 0.3) is 11.7 Å². The van der Waals surface area contributed by atoms with Crippen molar-refractivity contribution in [3.63, 3.8) is 0 Å². The zero-order valence-corrected chi connectivity index (χ0v) is 24.1. The maximum absolute atomic E-state index is 13.5. The number of hydrogen-bond acceptors (Lipinski definition) is 6. The van der Waals surface area contributed by atoms with E-state index in [0.29, 0.717) is 31.0 Å². The molecular formula is C33H38N2O5. The minimum atomic E-state index is -0.730. The fraction of sp³-hybridized carbons (Fsp3) is 0.333. The van der Waals surface area contributed by atoms with Crippen molar-refractivity contribution in [2.75, 3.05) is 34.3 Å². The van der Waals surface area contributed by atoms with Gasteiger partial charge in [-0.1, -0.05) is 56.3 Å². The predicted molar refractivity (Wildman–Crippen MR) is 157 cm³/mol. The van der Waals surface area contributed by atoms with Gasteiger partial charge < -0.3 is 24.4 Å². The Bertz CT molecular complexity index is 1390. The lowest BCUT2D eigenvalue weighted by molar-refractivity contribution is -0.140. The molecule has 7 heteroatoms. The SMILES string of the molecule is COc1cc(C)c(/C(O)=C2\C(=O)C(=O)N(CCN(C)C)C2c2ccc(OCc3ccccc3)cc2)cc1C(C)C. The molecule has 40 heavy (non-hydrogen) atoms. The molecule has 4 rings (SSSR count). The monoisotopic (exact) mass is 542 g/mol. The molecule has 1 N–H and O–H groups in total. The van der Waals surface area contributed by atoms with Gasteiger partial charge in [-0.15, -0.1) is 0 Å². The third kappa shape index (κ3) is 6.05. The Kier molecular flexibility index (Phi) is 8.95. The second-order valence-corrected chi connectivity index (χ2v) is 10.7. The molecule has 0 bridgehead atoms. The van der Waals surface area contributed by atoms with Crippen LogP contribution in [0.1, 0.15) is 53.6 Å². The lowest BCUT2D eigenvalue weighted by atomic mass is 9.91. The van der Waals surface area contributed by atoms with E-state index >= 15 is 0 Å². The molecule has 0 spiro atoms. The maximum atomic E-state index is 13.5. The number of ether oxygens (including phenoxy) is 2. The van der Waals surface area contributed by atoms with E-state index in [1.807, 2.05) is 106 Å². The Hall–Kier alpha value is -4.10. The van der Waals surface area contributed by atoms with Gasteiger partial charge in [0.2, 0.25) is 0 Å². The lowest BCUT2D eigenvalue weighted by Gasteiger charge is -2.27. The highest BCUT2D eigenvalue weighted by molar-refractivity contribution is 6.46. The number of carbonyl (C=O) groups excluding carboxylic acids is 2. The van der Waals surface area contributed by atoms with Gasteiger partial charge in [0, 0.05) is 18.7 Å². The minimum absolute atomic E-state index is 0.0877. The smallest absolute Gasteiger partial charge is 0.295 e. The second kappa shape index (κ2) is 12.4. The van der Waals surface area contributed by atoms with E-state index in [1.165, 1.54) is 0 Å². The van der Waals surface area contributed by atoms with Crippen LogP contribution in [0.4, 0.5) is 0 Å². The summed E-state index contributed by atoms with van der Waals surface area (Å²) in [4.78, 5) is 30.3. The number of likely N-dealkylation sites (tertiary alicyclic amines) is 1. The van der Waals surface area contributed by atoms with Crippen molar-refractivity contribution in [2.24, 2.45) is 0 Å². The van der Waals surface area contributed by atoms with Crippen molar-refractivity contribution in [1.82, 2.24) is 9.80 Å². The first kappa shape index (κ1) is 28.9. The van der Waals surface area contributed by atoms with Gasteiger partial charge in [-0.3, -0.25) is 9.59 Å². The molecular weight excluding hydrogens is 504 g/mol. The van der Waals surface area contributed by atoms with Crippen LogP contribution in [0, 0.1) is 6.92 Å². The minimum Gasteiger partial charge on any atom is -0.507 e. The molecule has 210 valence electrons. The van der Waals surface area contributed by atoms with E-state index in [4.69, 9.17) is 9.47 Å². The molecule has 1 saturated heterocycles. The van der Waals surface area contributed by atoms with Crippen LogP contribution in [0.2, 0.25) is 0 Å². The van der Waals surface area contributed by atoms with Crippen LogP contribution < -0.4 is 9.47 Å². The molecule has 0 saturated carbocycles. The van der Waals surface area contributed by atoms with E-state index in [0.717, 1.165) is 28.0 Å². The third-order valence-electron chi connectivity index (χ3n) is 7.23. The molecule has 1 aliphatic rings. The number of nitrogens with zero attached hydrogens (tertiary/aromatic N) is 2. The maximum Gasteiger partial charge on any atom is 0.295 e. The van der Waals surface area contributed by atoms with Crippen molar-refractivity contribution < 1.29 is 24.2 Å². The summed E-state index contributed by atoms with van der Waals surface area (Å²) in [6.07, 6.45) is 0. The molecule has 0 radical (unpaired) electrons. The molecule has 1 heterocycles. The highest BCUT2D eigenvalue weighted by atomic mass is 16.5. The molecule has 0 aromatic heterocycles. The first-order chi connectivity index (χ1) is 19.1. The molecule has 3 aromatic rings. The number of aliphatic hydroxyl groups is 1. The number of aryl methyl sites for hydroxylation is 1. The van der Waals surface area contributed by atoms with Crippen LogP contribution in [0.3, 0.4) is 0 Å². The summed E-state index contributed by atoms with van der Waals surface area (Å²) in [7, 11) is 5.45. The summed E-state index contributed by atoms with van der Waals surface area (Å²) < 4.78 is 11.5. The summed E-state index contributed by atoms with van der Waals surface area (Å²) in [6.45, 7) is 7.27. The molecule has 1 amide bonds. The molecule has 1 aliphatic heterocycles. The van der Waals surface area contributed by atoms with Gasteiger partial charge in [0.15, 0.2) is 0 Å². The molecule has 1 atom stereocenters. The number of aliphatic hydroxyl groups excluding tert-OH is 1. The fourth-order valence-electron chi connectivity index (χ4n) is 4.98. The third-order valence-corrected chi connectivity index (χ3v) is 7.23. The van der Waals surface area contributed by atoms with Crippen LogP contribution in [0.15, 0.2) is 72.3 Å². The van der Waals surface area contributed by atoms with E-state index < -0.39 is 17.7 Å². The summed E-state index contributed by atoms with van der Waals surface area (Å²) in [5.74, 6) is 0.0366. The van der Waals surface area contributed by atoms with Gasteiger partial charge in [0.1, 0.15) is 23.9 Å². The number of amides is 1. The van der Waals surface area contributed by atoms with Gasteiger partial charge >= 0.3 is 0 Å². The van der Waals surface area contributed by atoms with Crippen molar-refractivity contribution in [3.8, 4) is 11.5 Å². The fourth-order valence-corrected chi connectivity index (χ4v) is 4.98. The highest BCUT2D eigenvalue weighted by Crippen LogP contribution is 2.41. The molecule has 1 fully saturated rings. The first-order valence-electron chi connectivity index (χ1n) is 13.5. The largest absolute Gasteiger partial charge is 0.507 e. The number of likely N-dealkylation sites (N-methyl/N-ethyl adjacent to an activating group) is 1. The van der Waals surface area contributed by atoms with Crippen LogP contribution in [0.5, 0.6) is 11.5 Å². The standard InChI is InChI=1S/C33H38N2O5/c1-21(2)26-19-27(22(3)18-28(26)39-6)31(36)29-30(35(17-16-34(4)5)33(38)32(29)37)24-12-14-25(15-13-24)40-20-23-10-8-7-9-11-23/h7-15,18-19,21,30,36H,16-17,20H2,1-6H3/b31-29+. The zero-order chi connectivity index (χ0) is 29.0. The van der Waals surface area contributed by atoms with E-state index in [-0.39, 0.29) is 17.3 Å². The number of ketones is 1. The predicted octanol–water partition coefficient (Wildman–Crippen LogP) is 5.69. The van der Waals surface area contributed by atoms with Gasteiger partial charge in [0.05, 0.1) is 18.7 Å². The lowest BCUT2D eigenvalue weighted by Crippen LogP contribution is -2.35. The van der Waals surface area contributed by atoms with Crippen LogP contribution in [-0.4, -0.2) is 60.9 Å². The summed E-state index contributed by atoms with van der Waals surface area (Å²) >= 11 is 0. The first-order valence-corrected chi connectivity index (χ1v) is 13.5. The average Bonchev–Trinajstić information content (AvgIpc) is 3.20. The Labute approximate surface area is 236 Å². The van der Waals surface area contributed by atoms with E-state index in [1.54, 1.807) is 12.0 Å². The summed E-state index contributed by atoms with van der Waals surface area (Å²) in [5, 5.41) is 11.7. The van der Waals surface area contributed by atoms with Gasteiger partial charge in [-0.05, 0) is 73.5 Å². The quantitative estimate of drug-likeness (QED) is 0.201. The van der Waals surface area contributed by atoms with Gasteiger partial charge in [-0.25, -0.2) is 0 Å². The van der Waals surface area contributed by atoms with Crippen LogP contribution in [-0.2, 0) is 16.2 Å². The van der Waals surface area contributed by atoms with Crippen LogP contribution >= 0.6 is 0 Å². The van der Waals surface area contributed by atoms with E-state index in [9.17, 15) is 14.7 Å². The molecule has 1 unspecified atom stereocenters. The Morgan fingerprint density at radius 2 is 1.70 bits per heavy atom. The van der Waals surface area contributed by atoms with Gasteiger partial charge in [-0.2, -0.15) is 0 Å². The Balaban J connectivity index is 1.76. The van der Waals surface area contributed by atoms with Crippen molar-refractivity contribution in [2.45, 2.75) is 39.3 Å². The molecule has 3 aromatic carbocycles. The number of methoxy groups -OCH3 is 1. The van der Waals surface area contributed by atoms with Crippen molar-refractivity contribution >= 4 is 17.4 Å². The summed E-state index contributed by atoms with van der Waals surface area (Å²) in [5.41, 5.74) is 4.04. The molecule has 7 nitrogen and oxygen atoms in total. The second-order valence-electron chi connectivity index (χ2n) is 10.7. The topological polar surface area (TPSA) is 79.3 Å². The number of Topliss-reactive ketones (excluding diaryl/α,β-unsaturated/α-hetero) is 1. The average molecular weight is 543 g/mol. The molecule has 0 aliphatic carbocycles. The number of hydrogen-bond donors (Lipinski definition) is 1. The summed E-state index contributed by atoms with van der Waals surface area (Å²) in [6, 6.07) is 20.3. The number of benzene rings is 3. The normalized spacial score (nSPS) is 16.7. The number of rotatable bonds is 10. The van der Waals surface area contributed by atoms with Crippen molar-refractivity contribution in [3.05, 3.63) is 100 Å². The van der Waals surface area contributed by atoms with Crippen LogP contribution in [0.25, 0.3) is 5.76 Å².